The van der Waals surface area contributed by atoms with Crippen LogP contribution in [-0.2, 0) is 32.5 Å². The van der Waals surface area contributed by atoms with E-state index < -0.39 is 0 Å². The standard InChI is InChI=1S/C77H79BN2/c1-72(2,3)53-34-37-55(38-35-53)79-63-40-36-54(73(4,5)6)46-61(63)78-62-47-59-60(77(13,14)57-33-25-24-32-56(57)76(59,11)12)48-65(62)80(64-41-39-58-70(69(64)51-30-22-17-23-31-51)75(9,10)43-42-74(58,7)8)67-45-52(44-66(79)71(67)78)68(49-26-18-15-19-27-49)50-28-20-16-21-29-50/h15-41,44-48,68H,42-43H2,1-14H3. The molecule has 2 nitrogen and oxygen atoms in total. The Morgan fingerprint density at radius 2 is 0.875 bits per heavy atom. The first kappa shape index (κ1) is 52.0. The van der Waals surface area contributed by atoms with E-state index in [9.17, 15) is 0 Å². The van der Waals surface area contributed by atoms with Crippen molar-refractivity contribution in [3.63, 3.8) is 0 Å². The van der Waals surface area contributed by atoms with Gasteiger partial charge in [-0.05, 0) is 160 Å². The lowest BCUT2D eigenvalue weighted by atomic mass is 9.32. The smallest absolute Gasteiger partial charge is 0.252 e. The molecule has 0 amide bonds. The quantitative estimate of drug-likeness (QED) is 0.121. The van der Waals surface area contributed by atoms with Crippen molar-refractivity contribution in [2.45, 2.75) is 148 Å². The second kappa shape index (κ2) is 18.1. The second-order valence-electron chi connectivity index (χ2n) is 28.4. The molecular weight excluding hydrogens is 964 g/mol. The van der Waals surface area contributed by atoms with Crippen molar-refractivity contribution in [3.8, 4) is 11.1 Å². The van der Waals surface area contributed by atoms with Gasteiger partial charge in [0.05, 0.1) is 5.69 Å². The molecule has 2 aliphatic carbocycles. The zero-order valence-corrected chi connectivity index (χ0v) is 49.9. The summed E-state index contributed by atoms with van der Waals surface area (Å²) in [5.41, 5.74) is 28.5. The number of nitrogens with zero attached hydrogens (tertiary/aromatic N) is 2. The summed E-state index contributed by atoms with van der Waals surface area (Å²) in [5.74, 6) is -0.0490. The van der Waals surface area contributed by atoms with Gasteiger partial charge in [-0.2, -0.15) is 0 Å². The van der Waals surface area contributed by atoms with E-state index in [0.29, 0.717) is 0 Å². The van der Waals surface area contributed by atoms with Crippen LogP contribution in [0.3, 0.4) is 0 Å². The van der Waals surface area contributed by atoms with Crippen LogP contribution in [-0.4, -0.2) is 6.71 Å². The van der Waals surface area contributed by atoms with Gasteiger partial charge in [0.15, 0.2) is 0 Å². The van der Waals surface area contributed by atoms with E-state index in [-0.39, 0.29) is 45.1 Å². The summed E-state index contributed by atoms with van der Waals surface area (Å²) in [6.07, 6.45) is 2.26. The van der Waals surface area contributed by atoms with Crippen molar-refractivity contribution in [3.05, 3.63) is 255 Å². The third-order valence-electron chi connectivity index (χ3n) is 19.6. The maximum atomic E-state index is 2.78. The molecule has 2 heterocycles. The van der Waals surface area contributed by atoms with Crippen molar-refractivity contribution < 1.29 is 0 Å². The number of benzene rings is 9. The Morgan fingerprint density at radius 1 is 0.388 bits per heavy atom. The molecule has 0 saturated carbocycles. The van der Waals surface area contributed by atoms with Crippen molar-refractivity contribution in [1.29, 1.82) is 0 Å². The molecular formula is C77H79BN2. The largest absolute Gasteiger partial charge is 0.311 e. The summed E-state index contributed by atoms with van der Waals surface area (Å²) >= 11 is 0. The van der Waals surface area contributed by atoms with Crippen LogP contribution in [0.1, 0.15) is 177 Å². The fraction of sp³-hybridized carbons (Fsp3) is 0.299. The van der Waals surface area contributed by atoms with E-state index in [1.807, 2.05) is 0 Å². The molecule has 3 heteroatoms. The average Bonchev–Trinajstić information content (AvgIpc) is 3.16. The fourth-order valence-electron chi connectivity index (χ4n) is 14.9. The SMILES string of the molecule is CC(C)(C)c1ccc(N2c3ccc(C(C)(C)C)cc3B3c4cc5c(cc4N(c4ccc6c(c4-c4ccccc4)C(C)(C)CCC6(C)C)c4cc(C(c6ccccc6)c6ccccc6)cc2c43)C(C)(C)c2ccccc2C5(C)C)cc1. The summed E-state index contributed by atoms with van der Waals surface area (Å²) in [5, 5.41) is 0. The zero-order chi connectivity index (χ0) is 56.1. The molecule has 400 valence electrons. The molecule has 0 aromatic heterocycles. The maximum Gasteiger partial charge on any atom is 0.252 e. The van der Waals surface area contributed by atoms with Gasteiger partial charge in [0, 0.05) is 50.7 Å². The van der Waals surface area contributed by atoms with Gasteiger partial charge in [-0.25, -0.2) is 0 Å². The van der Waals surface area contributed by atoms with Gasteiger partial charge in [0.1, 0.15) is 0 Å². The minimum Gasteiger partial charge on any atom is -0.311 e. The highest BCUT2D eigenvalue weighted by Crippen LogP contribution is 2.57. The first-order valence-corrected chi connectivity index (χ1v) is 29.6. The topological polar surface area (TPSA) is 6.48 Å². The molecule has 2 aliphatic heterocycles. The molecule has 0 saturated heterocycles. The number of hydrogen-bond acceptors (Lipinski definition) is 2. The van der Waals surface area contributed by atoms with E-state index in [1.165, 1.54) is 123 Å². The number of rotatable bonds is 6. The summed E-state index contributed by atoms with van der Waals surface area (Å²) in [6, 6.07) is 75.9. The molecule has 9 aromatic rings. The molecule has 0 radical (unpaired) electrons. The Hall–Kier alpha value is -7.36. The minimum absolute atomic E-state index is 0.00400. The Labute approximate surface area is 479 Å². The highest BCUT2D eigenvalue weighted by molar-refractivity contribution is 7.00. The maximum absolute atomic E-state index is 2.78. The van der Waals surface area contributed by atoms with Gasteiger partial charge in [-0.15, -0.1) is 0 Å². The van der Waals surface area contributed by atoms with Gasteiger partial charge in [0.25, 0.3) is 6.71 Å². The Bertz CT molecular complexity index is 3860. The predicted octanol–water partition coefficient (Wildman–Crippen LogP) is 18.5. The van der Waals surface area contributed by atoms with Crippen LogP contribution in [0.4, 0.5) is 34.1 Å². The summed E-state index contributed by atoms with van der Waals surface area (Å²) in [7, 11) is 0. The van der Waals surface area contributed by atoms with Crippen molar-refractivity contribution in [2.24, 2.45) is 0 Å². The normalized spacial score (nSPS) is 17.0. The van der Waals surface area contributed by atoms with Crippen LogP contribution < -0.4 is 26.2 Å². The number of anilines is 6. The molecule has 80 heavy (non-hydrogen) atoms. The van der Waals surface area contributed by atoms with E-state index in [2.05, 4.69) is 301 Å². The zero-order valence-electron chi connectivity index (χ0n) is 49.9. The molecule has 0 spiro atoms. The first-order valence-electron chi connectivity index (χ1n) is 29.6. The molecule has 0 bridgehead atoms. The lowest BCUT2D eigenvalue weighted by Crippen LogP contribution is -2.62. The molecule has 0 fully saturated rings. The Kier molecular flexibility index (Phi) is 11.8. The number of fused-ring (bicyclic) bond motifs is 7. The molecule has 4 aliphatic rings. The summed E-state index contributed by atoms with van der Waals surface area (Å²) < 4.78 is 0. The van der Waals surface area contributed by atoms with Gasteiger partial charge < -0.3 is 9.80 Å². The third-order valence-corrected chi connectivity index (χ3v) is 19.6. The molecule has 0 atom stereocenters. The van der Waals surface area contributed by atoms with Crippen LogP contribution in [0.15, 0.2) is 194 Å². The molecule has 13 rings (SSSR count). The van der Waals surface area contributed by atoms with Crippen molar-refractivity contribution in [2.75, 3.05) is 9.80 Å². The van der Waals surface area contributed by atoms with Crippen molar-refractivity contribution in [1.82, 2.24) is 0 Å². The van der Waals surface area contributed by atoms with Crippen LogP contribution in [0, 0.1) is 0 Å². The minimum atomic E-state index is -0.273. The monoisotopic (exact) mass is 1040 g/mol. The van der Waals surface area contributed by atoms with E-state index >= 15 is 0 Å². The lowest BCUT2D eigenvalue weighted by Gasteiger charge is -2.49. The van der Waals surface area contributed by atoms with Gasteiger partial charge >= 0.3 is 0 Å². The summed E-state index contributed by atoms with van der Waals surface area (Å²) in [6.45, 7) is 33.9. The molecule has 9 aromatic carbocycles. The Balaban J connectivity index is 1.23. The summed E-state index contributed by atoms with van der Waals surface area (Å²) in [4.78, 5) is 5.42. The predicted molar refractivity (Wildman–Crippen MR) is 343 cm³/mol. The molecule has 0 unspecified atom stereocenters. The highest BCUT2D eigenvalue weighted by atomic mass is 15.2. The molecule has 0 N–H and O–H groups in total. The van der Waals surface area contributed by atoms with E-state index in [0.717, 1.165) is 12.8 Å². The van der Waals surface area contributed by atoms with Gasteiger partial charge in [-0.1, -0.05) is 249 Å². The average molecular weight is 1040 g/mol. The lowest BCUT2D eigenvalue weighted by molar-refractivity contribution is 0.333. The van der Waals surface area contributed by atoms with Gasteiger partial charge in [0.2, 0.25) is 0 Å². The third kappa shape index (κ3) is 8.02. The van der Waals surface area contributed by atoms with E-state index in [4.69, 9.17) is 0 Å². The van der Waals surface area contributed by atoms with E-state index in [1.54, 1.807) is 0 Å². The first-order chi connectivity index (χ1) is 38.0. The number of hydrogen-bond donors (Lipinski definition) is 0. The highest BCUT2D eigenvalue weighted by Gasteiger charge is 2.50. The van der Waals surface area contributed by atoms with Gasteiger partial charge in [-0.3, -0.25) is 0 Å². The van der Waals surface area contributed by atoms with Crippen LogP contribution in [0.5, 0.6) is 0 Å². The second-order valence-corrected chi connectivity index (χ2v) is 28.4. The van der Waals surface area contributed by atoms with Crippen LogP contribution in [0.2, 0.25) is 0 Å². The van der Waals surface area contributed by atoms with Crippen LogP contribution in [0.25, 0.3) is 11.1 Å². The van der Waals surface area contributed by atoms with Crippen LogP contribution >= 0.6 is 0 Å². The Morgan fingerprint density at radius 3 is 1.45 bits per heavy atom. The fourth-order valence-corrected chi connectivity index (χ4v) is 14.9. The van der Waals surface area contributed by atoms with Crippen molar-refractivity contribution >= 4 is 57.2 Å².